The zero-order chi connectivity index (χ0) is 20.7. The van der Waals surface area contributed by atoms with E-state index in [1.165, 1.54) is 6.07 Å². The van der Waals surface area contributed by atoms with Crippen molar-refractivity contribution in [3.05, 3.63) is 69.5 Å². The molecule has 2 N–H and O–H groups in total. The number of rotatable bonds is 4. The van der Waals surface area contributed by atoms with E-state index in [4.69, 9.17) is 23.2 Å². The summed E-state index contributed by atoms with van der Waals surface area (Å²) in [4.78, 5) is 12.1. The number of aliphatic carboxylic acids is 1. The van der Waals surface area contributed by atoms with Crippen LogP contribution < -0.4 is 5.32 Å². The molecule has 6 heteroatoms. The van der Waals surface area contributed by atoms with E-state index in [-0.39, 0.29) is 10.4 Å². The third-order valence-electron chi connectivity index (χ3n) is 5.41. The van der Waals surface area contributed by atoms with Gasteiger partial charge in [0.15, 0.2) is 0 Å². The minimum absolute atomic E-state index is 0.00527. The zero-order valence-electron chi connectivity index (χ0n) is 16.1. The van der Waals surface area contributed by atoms with Crippen LogP contribution in [0.5, 0.6) is 0 Å². The molecule has 0 saturated carbocycles. The summed E-state index contributed by atoms with van der Waals surface area (Å²) >= 11 is 12.1. The molecule has 150 valence electrons. The van der Waals surface area contributed by atoms with Gasteiger partial charge in [-0.3, -0.25) is 4.79 Å². The maximum absolute atomic E-state index is 15.1. The Morgan fingerprint density at radius 1 is 1.21 bits per heavy atom. The average Bonchev–Trinajstić information content (AvgIpc) is 2.96. The van der Waals surface area contributed by atoms with Crippen molar-refractivity contribution in [2.75, 3.05) is 6.54 Å². The highest BCUT2D eigenvalue weighted by atomic mass is 35.5. The zero-order valence-corrected chi connectivity index (χ0v) is 17.6. The third kappa shape index (κ3) is 3.91. The van der Waals surface area contributed by atoms with E-state index in [1.807, 2.05) is 12.1 Å². The Bertz CT molecular complexity index is 879. The van der Waals surface area contributed by atoms with Gasteiger partial charge in [0.2, 0.25) is 0 Å². The highest BCUT2D eigenvalue weighted by Gasteiger charge is 2.54. The Kier molecular flexibility index (Phi) is 5.77. The van der Waals surface area contributed by atoms with Crippen LogP contribution in [0.25, 0.3) is 0 Å². The summed E-state index contributed by atoms with van der Waals surface area (Å²) in [7, 11) is 0. The smallest absolute Gasteiger partial charge is 0.321 e. The minimum atomic E-state index is -1.01. The van der Waals surface area contributed by atoms with Crippen molar-refractivity contribution in [3.63, 3.8) is 0 Å². The number of nitrogens with one attached hydrogen (secondary N) is 1. The molecule has 0 aromatic heterocycles. The predicted molar refractivity (Wildman–Crippen MR) is 111 cm³/mol. The number of hydrogen-bond acceptors (Lipinski definition) is 2. The maximum atomic E-state index is 15.1. The van der Waals surface area contributed by atoms with Gasteiger partial charge in [0.05, 0.1) is 5.02 Å². The largest absolute Gasteiger partial charge is 0.480 e. The van der Waals surface area contributed by atoms with Gasteiger partial charge in [-0.1, -0.05) is 68.2 Å². The Labute approximate surface area is 174 Å². The fourth-order valence-corrected chi connectivity index (χ4v) is 4.90. The van der Waals surface area contributed by atoms with Gasteiger partial charge in [0.25, 0.3) is 0 Å². The molecule has 1 aliphatic rings. The van der Waals surface area contributed by atoms with Crippen LogP contribution in [0.3, 0.4) is 0 Å². The Morgan fingerprint density at radius 2 is 1.86 bits per heavy atom. The first-order chi connectivity index (χ1) is 13.0. The van der Waals surface area contributed by atoms with E-state index in [9.17, 15) is 9.90 Å². The van der Waals surface area contributed by atoms with Crippen LogP contribution in [-0.2, 0) is 10.2 Å². The van der Waals surface area contributed by atoms with Crippen molar-refractivity contribution < 1.29 is 14.3 Å². The first kappa shape index (κ1) is 21.1. The molecule has 3 rings (SSSR count). The molecule has 1 fully saturated rings. The molecule has 1 saturated heterocycles. The standard InChI is InChI=1S/C22H24Cl2FNO2/c1-21(2,3)11-22(13-7-9-14(23)10-8-13)12-26-19(20(27)28)17(22)15-5-4-6-16(24)18(15)25/h4-10,17,19,26H,11-12H2,1-3H3,(H,27,28). The average molecular weight is 424 g/mol. The molecule has 3 unspecified atom stereocenters. The van der Waals surface area contributed by atoms with Gasteiger partial charge in [-0.15, -0.1) is 0 Å². The highest BCUT2D eigenvalue weighted by molar-refractivity contribution is 6.31. The molecule has 3 nitrogen and oxygen atoms in total. The summed E-state index contributed by atoms with van der Waals surface area (Å²) in [6.07, 6.45) is 0.662. The number of hydrogen-bond donors (Lipinski definition) is 2. The molecule has 0 spiro atoms. The molecule has 1 heterocycles. The number of carbonyl (C=O) groups is 1. The van der Waals surface area contributed by atoms with Crippen molar-refractivity contribution in [1.29, 1.82) is 0 Å². The number of benzene rings is 2. The van der Waals surface area contributed by atoms with E-state index >= 15 is 4.39 Å². The lowest BCUT2D eigenvalue weighted by molar-refractivity contribution is -0.139. The Morgan fingerprint density at radius 3 is 2.43 bits per heavy atom. The normalized spacial score (nSPS) is 25.1. The molecule has 0 aliphatic carbocycles. The highest BCUT2D eigenvalue weighted by Crippen LogP contribution is 2.52. The van der Waals surface area contributed by atoms with Crippen molar-refractivity contribution in [3.8, 4) is 0 Å². The summed E-state index contributed by atoms with van der Waals surface area (Å²) in [6, 6.07) is 11.3. The van der Waals surface area contributed by atoms with Gasteiger partial charge in [0.1, 0.15) is 11.9 Å². The van der Waals surface area contributed by atoms with E-state index in [1.54, 1.807) is 24.3 Å². The van der Waals surface area contributed by atoms with Gasteiger partial charge in [-0.2, -0.15) is 0 Å². The second kappa shape index (κ2) is 7.66. The third-order valence-corrected chi connectivity index (χ3v) is 5.96. The van der Waals surface area contributed by atoms with Crippen molar-refractivity contribution >= 4 is 29.2 Å². The lowest BCUT2D eigenvalue weighted by atomic mass is 9.61. The summed E-state index contributed by atoms with van der Waals surface area (Å²) in [5.41, 5.74) is 0.510. The van der Waals surface area contributed by atoms with Gasteiger partial charge in [0, 0.05) is 22.9 Å². The SMILES string of the molecule is CC(C)(C)CC1(c2ccc(Cl)cc2)CNC(C(=O)O)C1c1cccc(Cl)c1F. The summed E-state index contributed by atoms with van der Waals surface area (Å²) in [6.45, 7) is 6.72. The second-order valence-corrected chi connectivity index (χ2v) is 9.56. The predicted octanol–water partition coefficient (Wildman–Crippen LogP) is 5.65. The summed E-state index contributed by atoms with van der Waals surface area (Å²) < 4.78 is 15.1. The molecule has 2 aromatic rings. The van der Waals surface area contributed by atoms with Gasteiger partial charge >= 0.3 is 5.97 Å². The minimum Gasteiger partial charge on any atom is -0.480 e. The Balaban J connectivity index is 2.27. The lowest BCUT2D eigenvalue weighted by Crippen LogP contribution is -2.41. The fourth-order valence-electron chi connectivity index (χ4n) is 4.59. The van der Waals surface area contributed by atoms with Crippen LogP contribution in [0.2, 0.25) is 10.0 Å². The molecular formula is C22H24Cl2FNO2. The molecule has 1 aliphatic heterocycles. The first-order valence-electron chi connectivity index (χ1n) is 9.21. The lowest BCUT2D eigenvalue weighted by Gasteiger charge is -2.41. The van der Waals surface area contributed by atoms with Gasteiger partial charge in [-0.05, 0) is 41.2 Å². The molecule has 2 aromatic carbocycles. The number of halogens is 3. The second-order valence-electron chi connectivity index (χ2n) is 8.72. The summed E-state index contributed by atoms with van der Waals surface area (Å²) in [5.74, 6) is -2.19. The van der Waals surface area contributed by atoms with Crippen LogP contribution in [0.15, 0.2) is 42.5 Å². The first-order valence-corrected chi connectivity index (χ1v) is 9.97. The van der Waals surface area contributed by atoms with Crippen molar-refractivity contribution in [2.45, 2.75) is 44.6 Å². The van der Waals surface area contributed by atoms with Gasteiger partial charge in [-0.25, -0.2) is 4.39 Å². The van der Waals surface area contributed by atoms with Crippen molar-refractivity contribution in [2.24, 2.45) is 5.41 Å². The van der Waals surface area contributed by atoms with E-state index in [0.717, 1.165) is 5.56 Å². The van der Waals surface area contributed by atoms with E-state index in [2.05, 4.69) is 26.1 Å². The maximum Gasteiger partial charge on any atom is 0.321 e. The monoisotopic (exact) mass is 423 g/mol. The molecule has 28 heavy (non-hydrogen) atoms. The van der Waals surface area contributed by atoms with Crippen molar-refractivity contribution in [1.82, 2.24) is 5.32 Å². The van der Waals surface area contributed by atoms with Crippen LogP contribution >= 0.6 is 23.2 Å². The summed E-state index contributed by atoms with van der Waals surface area (Å²) in [5, 5.41) is 13.6. The molecule has 0 amide bonds. The molecule has 0 bridgehead atoms. The van der Waals surface area contributed by atoms with E-state index in [0.29, 0.717) is 23.6 Å². The van der Waals surface area contributed by atoms with Crippen LogP contribution in [-0.4, -0.2) is 23.7 Å². The Hall–Kier alpha value is -1.62. The quantitative estimate of drug-likeness (QED) is 0.667. The molecule has 3 atom stereocenters. The van der Waals surface area contributed by atoms with Crippen LogP contribution in [0.1, 0.15) is 44.2 Å². The topological polar surface area (TPSA) is 49.3 Å². The van der Waals surface area contributed by atoms with Crippen LogP contribution in [0.4, 0.5) is 4.39 Å². The van der Waals surface area contributed by atoms with Gasteiger partial charge < -0.3 is 10.4 Å². The van der Waals surface area contributed by atoms with E-state index < -0.39 is 29.2 Å². The van der Waals surface area contributed by atoms with Crippen LogP contribution in [0, 0.1) is 11.2 Å². The number of carboxylic acid groups (broad SMARTS) is 1. The number of carboxylic acids is 1. The molecule has 0 radical (unpaired) electrons. The molecular weight excluding hydrogens is 400 g/mol. The fraction of sp³-hybridized carbons (Fsp3) is 0.409.